The van der Waals surface area contributed by atoms with Gasteiger partial charge in [-0.1, -0.05) is 11.6 Å². The first-order valence-corrected chi connectivity index (χ1v) is 7.90. The van der Waals surface area contributed by atoms with E-state index in [2.05, 4.69) is 10.6 Å². The van der Waals surface area contributed by atoms with Gasteiger partial charge >= 0.3 is 12.2 Å². The van der Waals surface area contributed by atoms with Crippen LogP contribution >= 0.6 is 11.6 Å². The molecule has 2 aliphatic heterocycles. The zero-order chi connectivity index (χ0) is 18.2. The number of carbonyl (C=O) groups excluding carboxylic acids is 2. The fourth-order valence-electron chi connectivity index (χ4n) is 2.85. The molecule has 2 heterocycles. The predicted octanol–water partition coefficient (Wildman–Crippen LogP) is 2.48. The Morgan fingerprint density at radius 2 is 2.16 bits per heavy atom. The van der Waals surface area contributed by atoms with Gasteiger partial charge in [-0.2, -0.15) is 13.2 Å². The van der Waals surface area contributed by atoms with Crippen molar-refractivity contribution >= 4 is 29.2 Å². The molecule has 1 aromatic rings. The Bertz CT molecular complexity index is 701. The minimum absolute atomic E-state index is 0.0106. The summed E-state index contributed by atoms with van der Waals surface area (Å²) < 4.78 is 43.9. The second-order valence-electron chi connectivity index (χ2n) is 6.04. The number of morpholine rings is 1. The molecule has 2 fully saturated rings. The quantitative estimate of drug-likeness (QED) is 0.790. The molecule has 3 rings (SSSR count). The first kappa shape index (κ1) is 17.8. The van der Waals surface area contributed by atoms with Crippen LogP contribution in [0.3, 0.4) is 0 Å². The molecular weight excluding hydrogens is 363 g/mol. The van der Waals surface area contributed by atoms with Crippen LogP contribution in [0.25, 0.3) is 0 Å². The summed E-state index contributed by atoms with van der Waals surface area (Å²) in [4.78, 5) is 24.9. The Hall–Kier alpha value is -2.00. The normalized spacial score (nSPS) is 23.7. The number of carbonyl (C=O) groups is 2. The van der Waals surface area contributed by atoms with E-state index in [-0.39, 0.29) is 29.8 Å². The maximum absolute atomic E-state index is 12.8. The Labute approximate surface area is 146 Å². The van der Waals surface area contributed by atoms with Crippen molar-refractivity contribution in [1.29, 1.82) is 0 Å². The van der Waals surface area contributed by atoms with Gasteiger partial charge in [0.05, 0.1) is 22.8 Å². The lowest BCUT2D eigenvalue weighted by atomic mass is 10.0. The number of halogens is 4. The third kappa shape index (κ3) is 3.82. The fourth-order valence-corrected chi connectivity index (χ4v) is 3.02. The van der Waals surface area contributed by atoms with E-state index in [1.54, 1.807) is 0 Å². The third-order valence-electron chi connectivity index (χ3n) is 4.26. The van der Waals surface area contributed by atoms with Crippen molar-refractivity contribution in [2.75, 3.05) is 31.6 Å². The summed E-state index contributed by atoms with van der Waals surface area (Å²) in [5, 5.41) is 5.11. The van der Waals surface area contributed by atoms with Crippen LogP contribution in [0.5, 0.6) is 0 Å². The Morgan fingerprint density at radius 1 is 1.40 bits per heavy atom. The lowest BCUT2D eigenvalue weighted by Crippen LogP contribution is -2.54. The number of hydrogen-bond acceptors (Lipinski definition) is 3. The molecule has 0 aliphatic carbocycles. The topological polar surface area (TPSA) is 70.7 Å². The van der Waals surface area contributed by atoms with Gasteiger partial charge in [0.25, 0.3) is 0 Å². The lowest BCUT2D eigenvalue weighted by molar-refractivity contribution is -0.141. The van der Waals surface area contributed by atoms with Crippen molar-refractivity contribution in [3.8, 4) is 0 Å². The van der Waals surface area contributed by atoms with Gasteiger partial charge in [0.15, 0.2) is 0 Å². The summed E-state index contributed by atoms with van der Waals surface area (Å²) in [5.41, 5.74) is -1.66. The number of benzene rings is 1. The number of nitrogens with one attached hydrogen (secondary N) is 2. The first-order valence-electron chi connectivity index (χ1n) is 7.52. The van der Waals surface area contributed by atoms with Crippen molar-refractivity contribution in [3.63, 3.8) is 0 Å². The van der Waals surface area contributed by atoms with Gasteiger partial charge in [0, 0.05) is 13.1 Å². The maximum atomic E-state index is 12.8. The lowest BCUT2D eigenvalue weighted by Gasteiger charge is -2.33. The van der Waals surface area contributed by atoms with Crippen molar-refractivity contribution in [3.05, 3.63) is 28.8 Å². The van der Waals surface area contributed by atoms with Gasteiger partial charge in [-0.15, -0.1) is 0 Å². The van der Waals surface area contributed by atoms with Gasteiger partial charge < -0.3 is 20.3 Å². The molecule has 0 aromatic heterocycles. The van der Waals surface area contributed by atoms with Crippen LogP contribution < -0.4 is 10.6 Å². The molecule has 1 unspecified atom stereocenters. The predicted molar refractivity (Wildman–Crippen MR) is 83.4 cm³/mol. The summed E-state index contributed by atoms with van der Waals surface area (Å²) in [6, 6.07) is 2.16. The van der Waals surface area contributed by atoms with E-state index in [0.29, 0.717) is 19.5 Å². The summed E-state index contributed by atoms with van der Waals surface area (Å²) >= 11 is 5.88. The second-order valence-corrected chi connectivity index (χ2v) is 6.45. The summed E-state index contributed by atoms with van der Waals surface area (Å²) in [5.74, 6) is -0.218. The highest BCUT2D eigenvalue weighted by Crippen LogP contribution is 2.34. The van der Waals surface area contributed by atoms with Crippen LogP contribution in [0, 0.1) is 0 Å². The molecule has 6 nitrogen and oxygen atoms in total. The molecule has 2 aliphatic rings. The van der Waals surface area contributed by atoms with Crippen LogP contribution in [-0.4, -0.2) is 48.7 Å². The van der Waals surface area contributed by atoms with E-state index in [1.165, 1.54) is 4.90 Å². The number of nitrogens with zero attached hydrogens (tertiary/aromatic N) is 1. The summed E-state index contributed by atoms with van der Waals surface area (Å²) in [7, 11) is 0. The number of hydrogen-bond donors (Lipinski definition) is 2. The zero-order valence-electron chi connectivity index (χ0n) is 13.0. The number of likely N-dealkylation sites (tertiary alicyclic amines) is 1. The van der Waals surface area contributed by atoms with Gasteiger partial charge in [0.2, 0.25) is 5.91 Å². The average Bonchev–Trinajstić information content (AvgIpc) is 2.96. The van der Waals surface area contributed by atoms with E-state index in [1.807, 2.05) is 0 Å². The van der Waals surface area contributed by atoms with E-state index in [9.17, 15) is 22.8 Å². The number of ether oxygens (including phenoxy) is 1. The first-order chi connectivity index (χ1) is 11.7. The standard InChI is InChI=1S/C15H15ClF3N3O3/c16-10-2-1-9(15(17,18)19)5-11(10)21-13(24)22-4-3-14(8-22)7-20-12(23)6-25-14/h1-2,5H,3-4,6-8H2,(H,20,23)(H,21,24). The number of rotatable bonds is 1. The van der Waals surface area contributed by atoms with Crippen LogP contribution in [0.1, 0.15) is 12.0 Å². The summed E-state index contributed by atoms with van der Waals surface area (Å²) in [6.45, 7) is 0.808. The van der Waals surface area contributed by atoms with Crippen LogP contribution in [0.15, 0.2) is 18.2 Å². The smallest absolute Gasteiger partial charge is 0.361 e. The number of alkyl halides is 3. The van der Waals surface area contributed by atoms with Gasteiger partial charge in [-0.25, -0.2) is 4.79 Å². The Morgan fingerprint density at radius 3 is 2.80 bits per heavy atom. The van der Waals surface area contributed by atoms with Gasteiger partial charge in [-0.3, -0.25) is 4.79 Å². The van der Waals surface area contributed by atoms with E-state index >= 15 is 0 Å². The molecule has 3 amide bonds. The molecule has 1 aromatic carbocycles. The number of anilines is 1. The van der Waals surface area contributed by atoms with Crippen molar-refractivity contribution in [2.24, 2.45) is 0 Å². The van der Waals surface area contributed by atoms with E-state index in [0.717, 1.165) is 18.2 Å². The number of urea groups is 1. The fraction of sp³-hybridized carbons (Fsp3) is 0.467. The zero-order valence-corrected chi connectivity index (χ0v) is 13.7. The van der Waals surface area contributed by atoms with Crippen LogP contribution in [0.4, 0.5) is 23.7 Å². The van der Waals surface area contributed by atoms with E-state index in [4.69, 9.17) is 16.3 Å². The molecule has 1 spiro atoms. The Balaban J connectivity index is 1.68. The van der Waals surface area contributed by atoms with Crippen LogP contribution in [0.2, 0.25) is 5.02 Å². The molecule has 2 N–H and O–H groups in total. The van der Waals surface area contributed by atoms with Crippen molar-refractivity contribution in [2.45, 2.75) is 18.2 Å². The molecular formula is C15H15ClF3N3O3. The highest BCUT2D eigenvalue weighted by Gasteiger charge is 2.43. The minimum Gasteiger partial charge on any atom is -0.361 e. The molecule has 25 heavy (non-hydrogen) atoms. The number of amides is 3. The van der Waals surface area contributed by atoms with Crippen LogP contribution in [-0.2, 0) is 15.7 Å². The third-order valence-corrected chi connectivity index (χ3v) is 4.59. The molecule has 1 atom stereocenters. The second kappa shape index (κ2) is 6.38. The van der Waals surface area contributed by atoms with Gasteiger partial charge in [0.1, 0.15) is 12.2 Å². The monoisotopic (exact) mass is 377 g/mol. The average molecular weight is 378 g/mol. The van der Waals surface area contributed by atoms with Crippen molar-refractivity contribution in [1.82, 2.24) is 10.2 Å². The maximum Gasteiger partial charge on any atom is 0.416 e. The highest BCUT2D eigenvalue weighted by atomic mass is 35.5. The van der Waals surface area contributed by atoms with Crippen molar-refractivity contribution < 1.29 is 27.5 Å². The summed E-state index contributed by atoms with van der Waals surface area (Å²) in [6.07, 6.45) is -4.01. The molecule has 2 saturated heterocycles. The molecule has 136 valence electrons. The molecule has 0 bridgehead atoms. The molecule has 0 saturated carbocycles. The molecule has 10 heteroatoms. The largest absolute Gasteiger partial charge is 0.416 e. The van der Waals surface area contributed by atoms with E-state index < -0.39 is 23.4 Å². The highest BCUT2D eigenvalue weighted by molar-refractivity contribution is 6.33. The van der Waals surface area contributed by atoms with Gasteiger partial charge in [-0.05, 0) is 24.6 Å². The SMILES string of the molecule is O=C1COC2(CCN(C(=O)Nc3cc(C(F)(F)F)ccc3Cl)C2)CN1. The molecule has 0 radical (unpaired) electrons. The Kier molecular flexibility index (Phi) is 4.54. The minimum atomic E-state index is -4.53.